The normalized spacial score (nSPS) is 16.3. The Morgan fingerprint density at radius 1 is 1.19 bits per heavy atom. The smallest absolute Gasteiger partial charge is 0.246 e. The van der Waals surface area contributed by atoms with Crippen LogP contribution in [-0.2, 0) is 14.8 Å². The summed E-state index contributed by atoms with van der Waals surface area (Å²) in [6, 6.07) is 8.55. The van der Waals surface area contributed by atoms with Gasteiger partial charge in [-0.05, 0) is 35.7 Å². The highest BCUT2D eigenvalue weighted by atomic mass is 79.9. The molecule has 26 heavy (non-hydrogen) atoms. The molecule has 138 valence electrons. The van der Waals surface area contributed by atoms with Crippen LogP contribution in [0.25, 0.3) is 6.08 Å². The molecule has 0 atom stereocenters. The van der Waals surface area contributed by atoms with Crippen molar-refractivity contribution in [1.29, 1.82) is 0 Å². The first-order valence-corrected chi connectivity index (χ1v) is 11.3. The van der Waals surface area contributed by atoms with Crippen molar-refractivity contribution in [2.75, 3.05) is 26.2 Å². The molecule has 0 aliphatic carbocycles. The van der Waals surface area contributed by atoms with Crippen molar-refractivity contribution < 1.29 is 13.2 Å². The number of amides is 1. The number of halogens is 2. The van der Waals surface area contributed by atoms with E-state index >= 15 is 0 Å². The van der Waals surface area contributed by atoms with E-state index in [9.17, 15) is 13.2 Å². The molecule has 0 unspecified atom stereocenters. The topological polar surface area (TPSA) is 57.7 Å². The van der Waals surface area contributed by atoms with Crippen molar-refractivity contribution in [3.05, 3.63) is 56.2 Å². The number of rotatable bonds is 4. The Morgan fingerprint density at radius 2 is 1.92 bits per heavy atom. The van der Waals surface area contributed by atoms with E-state index in [4.69, 9.17) is 11.6 Å². The van der Waals surface area contributed by atoms with Crippen molar-refractivity contribution in [1.82, 2.24) is 9.21 Å². The van der Waals surface area contributed by atoms with Crippen LogP contribution in [0.1, 0.15) is 4.88 Å². The molecule has 0 spiro atoms. The summed E-state index contributed by atoms with van der Waals surface area (Å²) in [5.74, 6) is -0.114. The molecule has 1 saturated heterocycles. The molecular formula is C17H16BrClN2O3S2. The van der Waals surface area contributed by atoms with Gasteiger partial charge in [-0.25, -0.2) is 8.42 Å². The molecule has 2 aromatic rings. The third kappa shape index (κ3) is 4.37. The van der Waals surface area contributed by atoms with E-state index in [1.807, 2.05) is 17.5 Å². The summed E-state index contributed by atoms with van der Waals surface area (Å²) in [4.78, 5) is 15.0. The minimum Gasteiger partial charge on any atom is -0.337 e. The predicted octanol–water partition coefficient (Wildman–Crippen LogP) is 3.71. The van der Waals surface area contributed by atoms with E-state index in [1.54, 1.807) is 34.4 Å². The van der Waals surface area contributed by atoms with Gasteiger partial charge < -0.3 is 4.90 Å². The Balaban J connectivity index is 1.65. The van der Waals surface area contributed by atoms with E-state index in [0.717, 1.165) is 9.35 Å². The molecule has 1 aromatic carbocycles. The summed E-state index contributed by atoms with van der Waals surface area (Å²) in [7, 11) is -3.68. The van der Waals surface area contributed by atoms with Crippen LogP contribution in [0, 0.1) is 0 Å². The van der Waals surface area contributed by atoms with Crippen molar-refractivity contribution >= 4 is 60.9 Å². The summed E-state index contributed by atoms with van der Waals surface area (Å²) in [5, 5.41) is 2.12. The highest BCUT2D eigenvalue weighted by molar-refractivity contribution is 9.10. The molecule has 1 aliphatic heterocycles. The Labute approximate surface area is 170 Å². The SMILES string of the molecule is O=C(/C=C/c1cccs1)N1CCN(S(=O)(=O)c2ccc(Br)cc2Cl)CC1. The minimum absolute atomic E-state index is 0.0831. The average molecular weight is 476 g/mol. The zero-order valence-electron chi connectivity index (χ0n) is 13.6. The van der Waals surface area contributed by atoms with Gasteiger partial charge >= 0.3 is 0 Å². The number of hydrogen-bond donors (Lipinski definition) is 0. The molecule has 0 N–H and O–H groups in total. The van der Waals surface area contributed by atoms with Gasteiger partial charge in [-0.15, -0.1) is 11.3 Å². The number of piperazine rings is 1. The van der Waals surface area contributed by atoms with Crippen LogP contribution in [0.4, 0.5) is 0 Å². The van der Waals surface area contributed by atoms with Gasteiger partial charge in [0.25, 0.3) is 0 Å². The molecule has 0 bridgehead atoms. The van der Waals surface area contributed by atoms with E-state index in [0.29, 0.717) is 13.1 Å². The minimum atomic E-state index is -3.68. The first kappa shape index (κ1) is 19.6. The fourth-order valence-corrected chi connectivity index (χ4v) is 5.67. The highest BCUT2D eigenvalue weighted by Gasteiger charge is 2.31. The Hall–Kier alpha value is -1.19. The molecule has 9 heteroatoms. The number of carbonyl (C=O) groups is 1. The maximum Gasteiger partial charge on any atom is 0.246 e. The Morgan fingerprint density at radius 3 is 2.54 bits per heavy atom. The van der Waals surface area contributed by atoms with E-state index in [2.05, 4.69) is 15.9 Å². The van der Waals surface area contributed by atoms with Crippen LogP contribution >= 0.6 is 38.9 Å². The van der Waals surface area contributed by atoms with Crippen LogP contribution in [0.2, 0.25) is 5.02 Å². The fourth-order valence-electron chi connectivity index (χ4n) is 2.62. The van der Waals surface area contributed by atoms with Gasteiger partial charge in [-0.1, -0.05) is 33.6 Å². The second-order valence-electron chi connectivity index (χ2n) is 5.65. The first-order valence-electron chi connectivity index (χ1n) is 7.83. The van der Waals surface area contributed by atoms with Gasteiger partial charge in [0.1, 0.15) is 4.90 Å². The maximum atomic E-state index is 12.8. The maximum absolute atomic E-state index is 12.8. The van der Waals surface area contributed by atoms with Crippen LogP contribution in [0.15, 0.2) is 51.2 Å². The number of carbonyl (C=O) groups excluding carboxylic acids is 1. The quantitative estimate of drug-likeness (QED) is 0.634. The van der Waals surface area contributed by atoms with Crippen molar-refractivity contribution in [2.24, 2.45) is 0 Å². The molecule has 5 nitrogen and oxygen atoms in total. The summed E-state index contributed by atoms with van der Waals surface area (Å²) in [6.07, 6.45) is 3.30. The van der Waals surface area contributed by atoms with Gasteiger partial charge in [0, 0.05) is 41.6 Å². The zero-order valence-corrected chi connectivity index (χ0v) is 17.6. The Kier molecular flexibility index (Phi) is 6.19. The van der Waals surface area contributed by atoms with Crippen molar-refractivity contribution in [2.45, 2.75) is 4.90 Å². The molecule has 1 aromatic heterocycles. The predicted molar refractivity (Wildman–Crippen MR) is 108 cm³/mol. The average Bonchev–Trinajstić information content (AvgIpc) is 3.13. The van der Waals surface area contributed by atoms with Crippen molar-refractivity contribution in [3.8, 4) is 0 Å². The number of nitrogens with zero attached hydrogens (tertiary/aromatic N) is 2. The Bertz CT molecular complexity index is 921. The lowest BCUT2D eigenvalue weighted by atomic mass is 10.3. The van der Waals surface area contributed by atoms with Gasteiger partial charge in [0.05, 0.1) is 5.02 Å². The van der Waals surface area contributed by atoms with Crippen LogP contribution in [0.5, 0.6) is 0 Å². The van der Waals surface area contributed by atoms with Crippen molar-refractivity contribution in [3.63, 3.8) is 0 Å². The van der Waals surface area contributed by atoms with E-state index < -0.39 is 10.0 Å². The van der Waals surface area contributed by atoms with Gasteiger partial charge in [0.15, 0.2) is 0 Å². The van der Waals surface area contributed by atoms with Crippen LogP contribution in [0.3, 0.4) is 0 Å². The molecule has 1 amide bonds. The van der Waals surface area contributed by atoms with Crippen LogP contribution in [-0.4, -0.2) is 49.7 Å². The lowest BCUT2D eigenvalue weighted by Crippen LogP contribution is -2.50. The number of thiophene rings is 1. The number of sulfonamides is 1. The number of benzene rings is 1. The number of hydrogen-bond acceptors (Lipinski definition) is 4. The molecule has 0 saturated carbocycles. The first-order chi connectivity index (χ1) is 12.4. The summed E-state index contributed by atoms with van der Waals surface area (Å²) >= 11 is 10.9. The molecular weight excluding hydrogens is 460 g/mol. The molecule has 1 fully saturated rings. The lowest BCUT2D eigenvalue weighted by Gasteiger charge is -2.33. The molecule has 1 aliphatic rings. The monoisotopic (exact) mass is 474 g/mol. The summed E-state index contributed by atoms with van der Waals surface area (Å²) in [5.41, 5.74) is 0. The van der Waals surface area contributed by atoms with E-state index in [1.165, 1.54) is 16.4 Å². The second-order valence-corrected chi connectivity index (χ2v) is 9.86. The zero-order chi connectivity index (χ0) is 18.7. The third-order valence-corrected chi connectivity index (χ3v) is 7.71. The molecule has 2 heterocycles. The summed E-state index contributed by atoms with van der Waals surface area (Å²) < 4.78 is 27.7. The fraction of sp³-hybridized carbons (Fsp3) is 0.235. The summed E-state index contributed by atoms with van der Waals surface area (Å²) in [6.45, 7) is 1.18. The molecule has 3 rings (SSSR count). The van der Waals surface area contributed by atoms with Gasteiger partial charge in [-0.3, -0.25) is 4.79 Å². The second kappa shape index (κ2) is 8.22. The van der Waals surface area contributed by atoms with Gasteiger partial charge in [-0.2, -0.15) is 4.31 Å². The molecule has 0 radical (unpaired) electrons. The standard InChI is InChI=1S/C17H16BrClN2O3S2/c18-13-3-5-16(15(19)12-13)26(23,24)21-9-7-20(8-10-21)17(22)6-4-14-2-1-11-25-14/h1-6,11-12H,7-10H2/b6-4+. The highest BCUT2D eigenvalue weighted by Crippen LogP contribution is 2.28. The van der Waals surface area contributed by atoms with Gasteiger partial charge in [0.2, 0.25) is 15.9 Å². The largest absolute Gasteiger partial charge is 0.337 e. The van der Waals surface area contributed by atoms with Crippen LogP contribution < -0.4 is 0 Å². The third-order valence-electron chi connectivity index (χ3n) is 4.00. The van der Waals surface area contributed by atoms with E-state index in [-0.39, 0.29) is 28.9 Å². The lowest BCUT2D eigenvalue weighted by molar-refractivity contribution is -0.127.